The molecule has 1 fully saturated rings. The summed E-state index contributed by atoms with van der Waals surface area (Å²) in [5.74, 6) is 0.802. The third-order valence-corrected chi connectivity index (χ3v) is 7.02. The van der Waals surface area contributed by atoms with Crippen LogP contribution in [0, 0.1) is 12.8 Å². The number of para-hydroxylation sites is 1. The molecule has 1 aliphatic rings. The van der Waals surface area contributed by atoms with Crippen LogP contribution in [0.5, 0.6) is 11.6 Å². The van der Waals surface area contributed by atoms with E-state index in [9.17, 15) is 13.6 Å². The van der Waals surface area contributed by atoms with E-state index in [1.54, 1.807) is 31.5 Å². The summed E-state index contributed by atoms with van der Waals surface area (Å²) in [6.07, 6.45) is 5.34. The molecule has 0 saturated carbocycles. The molecule has 11 heteroatoms. The average molecular weight is 538 g/mol. The van der Waals surface area contributed by atoms with Crippen molar-refractivity contribution in [2.45, 2.75) is 32.8 Å². The number of imidazole rings is 1. The fraction of sp³-hybridized carbons (Fsp3) is 0.357. The first-order valence-corrected chi connectivity index (χ1v) is 12.6. The number of esters is 1. The number of alkyl halides is 2. The Hall–Kier alpha value is -4.28. The third kappa shape index (κ3) is 5.47. The largest absolute Gasteiger partial charge is 0.480 e. The SMILES string of the molecule is COC(=O)C1CCN(c2ncc(-c3ccc4nc(C)c(Cc5ccccc5OC(F)F)n4c3)c(OC)n2)CC1. The number of anilines is 1. The van der Waals surface area contributed by atoms with Gasteiger partial charge in [-0.1, -0.05) is 18.2 Å². The van der Waals surface area contributed by atoms with Gasteiger partial charge in [-0.15, -0.1) is 0 Å². The quantitative estimate of drug-likeness (QED) is 0.299. The minimum Gasteiger partial charge on any atom is -0.480 e. The fourth-order valence-electron chi connectivity index (χ4n) is 4.97. The predicted molar refractivity (Wildman–Crippen MR) is 140 cm³/mol. The maximum atomic E-state index is 12.9. The van der Waals surface area contributed by atoms with Crippen molar-refractivity contribution in [2.75, 3.05) is 32.2 Å². The number of fused-ring (bicyclic) bond motifs is 1. The molecule has 1 aliphatic heterocycles. The van der Waals surface area contributed by atoms with E-state index in [-0.39, 0.29) is 17.6 Å². The zero-order chi connectivity index (χ0) is 27.5. The molecule has 5 rings (SSSR count). The van der Waals surface area contributed by atoms with Gasteiger partial charge >= 0.3 is 12.6 Å². The van der Waals surface area contributed by atoms with Crippen LogP contribution in [0.1, 0.15) is 29.8 Å². The second-order valence-corrected chi connectivity index (χ2v) is 9.33. The van der Waals surface area contributed by atoms with Crippen LogP contribution in [-0.2, 0) is 16.0 Å². The lowest BCUT2D eigenvalue weighted by Crippen LogP contribution is -2.37. The number of rotatable bonds is 8. The summed E-state index contributed by atoms with van der Waals surface area (Å²) in [7, 11) is 2.97. The van der Waals surface area contributed by atoms with Gasteiger partial charge in [-0.2, -0.15) is 13.8 Å². The molecule has 0 amide bonds. The number of hydrogen-bond donors (Lipinski definition) is 0. The van der Waals surface area contributed by atoms with E-state index in [0.29, 0.717) is 55.3 Å². The molecule has 0 radical (unpaired) electrons. The number of aryl methyl sites for hydroxylation is 1. The summed E-state index contributed by atoms with van der Waals surface area (Å²) >= 11 is 0. The number of benzene rings is 1. The molecular formula is C28H29F2N5O4. The summed E-state index contributed by atoms with van der Waals surface area (Å²) in [5.41, 5.74) is 4.50. The molecule has 9 nitrogen and oxygen atoms in total. The molecular weight excluding hydrogens is 508 g/mol. The number of hydrogen-bond acceptors (Lipinski definition) is 8. The van der Waals surface area contributed by atoms with Crippen molar-refractivity contribution in [3.05, 3.63) is 65.7 Å². The van der Waals surface area contributed by atoms with Crippen molar-refractivity contribution in [1.82, 2.24) is 19.4 Å². The van der Waals surface area contributed by atoms with Gasteiger partial charge in [-0.3, -0.25) is 4.79 Å². The number of nitrogens with zero attached hydrogens (tertiary/aromatic N) is 5. The zero-order valence-electron chi connectivity index (χ0n) is 21.9. The van der Waals surface area contributed by atoms with Crippen LogP contribution in [0.4, 0.5) is 14.7 Å². The van der Waals surface area contributed by atoms with Crippen LogP contribution in [-0.4, -0.2) is 59.2 Å². The number of pyridine rings is 1. The Morgan fingerprint density at radius 1 is 1.10 bits per heavy atom. The Morgan fingerprint density at radius 2 is 1.87 bits per heavy atom. The molecule has 0 bridgehead atoms. The Kier molecular flexibility index (Phi) is 7.58. The summed E-state index contributed by atoms with van der Waals surface area (Å²) in [6, 6.07) is 10.6. The Labute approximate surface area is 224 Å². The number of ether oxygens (including phenoxy) is 3. The molecule has 1 aromatic carbocycles. The standard InChI is InChI=1S/C28H29F2N5O4/c1-17-22(14-19-6-4-5-7-23(19)39-27(29)30)35-16-20(8-9-24(35)32-17)21-15-31-28(33-25(21)37-2)34-12-10-18(11-13-34)26(36)38-3/h4-9,15-16,18,27H,10-14H2,1-3H3. The summed E-state index contributed by atoms with van der Waals surface area (Å²) in [6.45, 7) is 0.266. The molecule has 4 aromatic rings. The molecule has 1 saturated heterocycles. The number of methoxy groups -OCH3 is 2. The van der Waals surface area contributed by atoms with E-state index < -0.39 is 6.61 Å². The molecule has 3 aromatic heterocycles. The van der Waals surface area contributed by atoms with E-state index in [2.05, 4.69) is 15.0 Å². The van der Waals surface area contributed by atoms with Crippen molar-refractivity contribution in [1.29, 1.82) is 0 Å². The molecule has 0 N–H and O–H groups in total. The van der Waals surface area contributed by atoms with Gasteiger partial charge in [0, 0.05) is 48.7 Å². The minimum atomic E-state index is -2.91. The van der Waals surface area contributed by atoms with Crippen LogP contribution >= 0.6 is 0 Å². The maximum absolute atomic E-state index is 12.9. The van der Waals surface area contributed by atoms with Gasteiger partial charge in [-0.25, -0.2) is 9.97 Å². The summed E-state index contributed by atoms with van der Waals surface area (Å²) in [4.78, 5) is 27.8. The fourth-order valence-corrected chi connectivity index (χ4v) is 4.97. The molecule has 0 spiro atoms. The Bertz CT molecular complexity index is 1480. The number of halogens is 2. The molecule has 39 heavy (non-hydrogen) atoms. The van der Waals surface area contributed by atoms with Crippen LogP contribution in [0.25, 0.3) is 16.8 Å². The number of carbonyl (C=O) groups excluding carboxylic acids is 1. The third-order valence-electron chi connectivity index (χ3n) is 7.02. The van der Waals surface area contributed by atoms with Crippen molar-refractivity contribution in [2.24, 2.45) is 5.92 Å². The highest BCUT2D eigenvalue weighted by Crippen LogP contribution is 2.32. The Balaban J connectivity index is 1.44. The van der Waals surface area contributed by atoms with E-state index in [1.165, 1.54) is 13.2 Å². The molecule has 0 aliphatic carbocycles. The monoisotopic (exact) mass is 537 g/mol. The topological polar surface area (TPSA) is 91.1 Å². The van der Waals surface area contributed by atoms with Crippen LogP contribution in [0.2, 0.25) is 0 Å². The lowest BCUT2D eigenvalue weighted by molar-refractivity contribution is -0.146. The highest BCUT2D eigenvalue weighted by Gasteiger charge is 2.27. The summed E-state index contributed by atoms with van der Waals surface area (Å²) < 4.78 is 43.1. The highest BCUT2D eigenvalue weighted by atomic mass is 19.3. The van der Waals surface area contributed by atoms with E-state index in [4.69, 9.17) is 14.2 Å². The highest BCUT2D eigenvalue weighted by molar-refractivity contribution is 5.73. The van der Waals surface area contributed by atoms with E-state index in [0.717, 1.165) is 22.6 Å². The van der Waals surface area contributed by atoms with Crippen LogP contribution < -0.4 is 14.4 Å². The first-order valence-electron chi connectivity index (χ1n) is 12.6. The lowest BCUT2D eigenvalue weighted by atomic mass is 9.97. The summed E-state index contributed by atoms with van der Waals surface area (Å²) in [5, 5.41) is 0. The van der Waals surface area contributed by atoms with Crippen LogP contribution in [0.15, 0.2) is 48.8 Å². The van der Waals surface area contributed by atoms with Gasteiger partial charge in [-0.05, 0) is 38.0 Å². The molecule has 204 valence electrons. The van der Waals surface area contributed by atoms with Crippen molar-refractivity contribution >= 4 is 17.6 Å². The zero-order valence-corrected chi connectivity index (χ0v) is 21.9. The average Bonchev–Trinajstić information content (AvgIpc) is 3.26. The van der Waals surface area contributed by atoms with Crippen molar-refractivity contribution in [3.63, 3.8) is 0 Å². The second kappa shape index (κ2) is 11.2. The smallest absolute Gasteiger partial charge is 0.387 e. The number of aromatic nitrogens is 4. The first kappa shape index (κ1) is 26.3. The minimum absolute atomic E-state index is 0.110. The second-order valence-electron chi connectivity index (χ2n) is 9.33. The van der Waals surface area contributed by atoms with Gasteiger partial charge in [0.1, 0.15) is 11.4 Å². The lowest BCUT2D eigenvalue weighted by Gasteiger charge is -2.30. The maximum Gasteiger partial charge on any atom is 0.387 e. The van der Waals surface area contributed by atoms with E-state index >= 15 is 0 Å². The van der Waals surface area contributed by atoms with Crippen molar-refractivity contribution < 1.29 is 27.8 Å². The van der Waals surface area contributed by atoms with E-state index in [1.807, 2.05) is 34.6 Å². The van der Waals surface area contributed by atoms with Gasteiger partial charge in [0.15, 0.2) is 0 Å². The first-order chi connectivity index (χ1) is 18.9. The Morgan fingerprint density at radius 3 is 2.59 bits per heavy atom. The normalized spacial score (nSPS) is 14.2. The van der Waals surface area contributed by atoms with Gasteiger partial charge in [0.25, 0.3) is 0 Å². The predicted octanol–water partition coefficient (Wildman–Crippen LogP) is 4.69. The molecule has 0 unspecified atom stereocenters. The van der Waals surface area contributed by atoms with Crippen molar-refractivity contribution in [3.8, 4) is 22.8 Å². The number of carbonyl (C=O) groups is 1. The number of piperidine rings is 1. The molecule has 4 heterocycles. The van der Waals surface area contributed by atoms with Crippen LogP contribution in [0.3, 0.4) is 0 Å². The van der Waals surface area contributed by atoms with Gasteiger partial charge < -0.3 is 23.5 Å². The van der Waals surface area contributed by atoms with Gasteiger partial charge in [0.2, 0.25) is 11.8 Å². The van der Waals surface area contributed by atoms with Gasteiger partial charge in [0.05, 0.1) is 31.4 Å². The molecule has 0 atom stereocenters.